The van der Waals surface area contributed by atoms with Crippen LogP contribution in [0.2, 0.25) is 10.0 Å². The van der Waals surface area contributed by atoms with E-state index in [2.05, 4.69) is 5.32 Å². The molecule has 0 spiro atoms. The van der Waals surface area contributed by atoms with E-state index in [4.69, 9.17) is 28.9 Å². The smallest absolute Gasteiger partial charge is 0.265 e. The Morgan fingerprint density at radius 2 is 1.76 bits per heavy atom. The van der Waals surface area contributed by atoms with E-state index in [-0.39, 0.29) is 5.91 Å². The zero-order valence-corrected chi connectivity index (χ0v) is 13.0. The molecule has 1 aromatic heterocycles. The van der Waals surface area contributed by atoms with Crippen LogP contribution in [0, 0.1) is 0 Å². The predicted octanol–water partition coefficient (Wildman–Crippen LogP) is 5.04. The van der Waals surface area contributed by atoms with E-state index >= 15 is 0 Å². The molecule has 6 heteroatoms. The summed E-state index contributed by atoms with van der Waals surface area (Å²) in [5, 5.41) is 4.45. The second-order valence-corrected chi connectivity index (χ2v) is 6.35. The SMILES string of the molecule is Nc1c(Cl)cc(NC(=O)c2cc3ccccc3s2)cc1Cl. The molecule has 0 fully saturated rings. The number of benzene rings is 2. The second kappa shape index (κ2) is 5.56. The van der Waals surface area contributed by atoms with Gasteiger partial charge in [0.25, 0.3) is 5.91 Å². The summed E-state index contributed by atoms with van der Waals surface area (Å²) >= 11 is 13.3. The van der Waals surface area contributed by atoms with Gasteiger partial charge in [0.05, 0.1) is 20.6 Å². The van der Waals surface area contributed by atoms with Gasteiger partial charge in [-0.05, 0) is 29.7 Å². The maximum Gasteiger partial charge on any atom is 0.265 e. The number of nitrogens with two attached hydrogens (primary N) is 1. The molecule has 1 heterocycles. The monoisotopic (exact) mass is 336 g/mol. The van der Waals surface area contributed by atoms with E-state index in [0.29, 0.717) is 26.3 Å². The third kappa shape index (κ3) is 2.83. The van der Waals surface area contributed by atoms with Gasteiger partial charge in [0.2, 0.25) is 0 Å². The summed E-state index contributed by atoms with van der Waals surface area (Å²) in [6.45, 7) is 0. The molecule has 21 heavy (non-hydrogen) atoms. The van der Waals surface area contributed by atoms with Gasteiger partial charge in [-0.2, -0.15) is 0 Å². The predicted molar refractivity (Wildman–Crippen MR) is 90.7 cm³/mol. The van der Waals surface area contributed by atoms with Gasteiger partial charge in [0, 0.05) is 10.4 Å². The number of hydrogen-bond acceptors (Lipinski definition) is 3. The summed E-state index contributed by atoms with van der Waals surface area (Å²) < 4.78 is 1.07. The number of nitrogens with one attached hydrogen (secondary N) is 1. The van der Waals surface area contributed by atoms with E-state index in [1.807, 2.05) is 30.3 Å². The van der Waals surface area contributed by atoms with E-state index in [0.717, 1.165) is 10.1 Å². The first-order valence-corrected chi connectivity index (χ1v) is 7.66. The minimum Gasteiger partial charge on any atom is -0.396 e. The van der Waals surface area contributed by atoms with Crippen molar-refractivity contribution in [2.24, 2.45) is 0 Å². The lowest BCUT2D eigenvalue weighted by Crippen LogP contribution is -2.10. The molecule has 0 aliphatic rings. The van der Waals surface area contributed by atoms with Crippen molar-refractivity contribution in [3.8, 4) is 0 Å². The second-order valence-electron chi connectivity index (χ2n) is 4.46. The number of nitrogen functional groups attached to an aromatic ring is 1. The molecule has 3 nitrogen and oxygen atoms in total. The Morgan fingerprint density at radius 1 is 1.10 bits per heavy atom. The van der Waals surface area contributed by atoms with Crippen molar-refractivity contribution in [2.45, 2.75) is 0 Å². The lowest BCUT2D eigenvalue weighted by molar-refractivity contribution is 0.103. The first kappa shape index (κ1) is 14.2. The summed E-state index contributed by atoms with van der Waals surface area (Å²) in [5.74, 6) is -0.201. The van der Waals surface area contributed by atoms with Gasteiger partial charge in [0.15, 0.2) is 0 Å². The fourth-order valence-electron chi connectivity index (χ4n) is 1.94. The highest BCUT2D eigenvalue weighted by molar-refractivity contribution is 7.20. The number of rotatable bonds is 2. The third-order valence-electron chi connectivity index (χ3n) is 2.99. The third-order valence-corrected chi connectivity index (χ3v) is 4.73. The molecular formula is C15H10Cl2N2OS. The summed E-state index contributed by atoms with van der Waals surface area (Å²) in [7, 11) is 0. The van der Waals surface area contributed by atoms with Crippen LogP contribution in [0.4, 0.5) is 11.4 Å². The van der Waals surface area contributed by atoms with Gasteiger partial charge in [-0.3, -0.25) is 4.79 Å². The molecule has 1 amide bonds. The molecule has 3 aromatic rings. The van der Waals surface area contributed by atoms with Gasteiger partial charge < -0.3 is 11.1 Å². The normalized spacial score (nSPS) is 10.8. The fraction of sp³-hybridized carbons (Fsp3) is 0. The molecule has 0 aliphatic carbocycles. The van der Waals surface area contributed by atoms with Crippen LogP contribution < -0.4 is 11.1 Å². The number of amides is 1. The van der Waals surface area contributed by atoms with Crippen LogP contribution in [-0.2, 0) is 0 Å². The van der Waals surface area contributed by atoms with Crippen LogP contribution in [-0.4, -0.2) is 5.91 Å². The van der Waals surface area contributed by atoms with Crippen LogP contribution in [0.15, 0.2) is 42.5 Å². The number of anilines is 2. The van der Waals surface area contributed by atoms with Crippen LogP contribution >= 0.6 is 34.5 Å². The topological polar surface area (TPSA) is 55.1 Å². The van der Waals surface area contributed by atoms with E-state index < -0.39 is 0 Å². The number of hydrogen-bond donors (Lipinski definition) is 2. The molecule has 3 N–H and O–H groups in total. The summed E-state index contributed by atoms with van der Waals surface area (Å²) in [4.78, 5) is 12.9. The summed E-state index contributed by atoms with van der Waals surface area (Å²) in [6.07, 6.45) is 0. The molecule has 0 bridgehead atoms. The maximum absolute atomic E-state index is 12.3. The Bertz CT molecular complexity index is 789. The minimum absolute atomic E-state index is 0.201. The van der Waals surface area contributed by atoms with Crippen molar-refractivity contribution in [2.75, 3.05) is 11.1 Å². The first-order valence-electron chi connectivity index (χ1n) is 6.09. The van der Waals surface area contributed by atoms with Gasteiger partial charge in [0.1, 0.15) is 0 Å². The molecular weight excluding hydrogens is 327 g/mol. The minimum atomic E-state index is -0.201. The number of halogens is 2. The summed E-state index contributed by atoms with van der Waals surface area (Å²) in [5.41, 5.74) is 6.49. The Kier molecular flexibility index (Phi) is 3.76. The van der Waals surface area contributed by atoms with Crippen molar-refractivity contribution in [1.82, 2.24) is 0 Å². The lowest BCUT2D eigenvalue weighted by Gasteiger charge is -2.07. The highest BCUT2D eigenvalue weighted by Gasteiger charge is 2.12. The number of carbonyl (C=O) groups excluding carboxylic acids is 1. The molecule has 3 rings (SSSR count). The molecule has 0 saturated carbocycles. The van der Waals surface area contributed by atoms with Gasteiger partial charge in [-0.15, -0.1) is 11.3 Å². The molecule has 0 unspecified atom stereocenters. The average Bonchev–Trinajstić information content (AvgIpc) is 2.88. The van der Waals surface area contributed by atoms with Gasteiger partial charge in [-0.1, -0.05) is 41.4 Å². The largest absolute Gasteiger partial charge is 0.396 e. The van der Waals surface area contributed by atoms with Crippen LogP contribution in [0.3, 0.4) is 0 Å². The van der Waals surface area contributed by atoms with Crippen molar-refractivity contribution >= 4 is 61.9 Å². The van der Waals surface area contributed by atoms with E-state index in [1.165, 1.54) is 11.3 Å². The summed E-state index contributed by atoms with van der Waals surface area (Å²) in [6, 6.07) is 12.8. The molecule has 0 atom stereocenters. The zero-order valence-electron chi connectivity index (χ0n) is 10.7. The number of fused-ring (bicyclic) bond motifs is 1. The quantitative estimate of drug-likeness (QED) is 0.644. The van der Waals surface area contributed by atoms with Gasteiger partial charge in [-0.25, -0.2) is 0 Å². The van der Waals surface area contributed by atoms with Crippen molar-refractivity contribution < 1.29 is 4.79 Å². The lowest BCUT2D eigenvalue weighted by atomic mass is 10.2. The van der Waals surface area contributed by atoms with Crippen molar-refractivity contribution in [3.63, 3.8) is 0 Å². The van der Waals surface area contributed by atoms with Crippen molar-refractivity contribution in [3.05, 3.63) is 57.4 Å². The number of carbonyl (C=O) groups is 1. The van der Waals surface area contributed by atoms with Crippen LogP contribution in [0.5, 0.6) is 0 Å². The Labute approximate surface area is 135 Å². The van der Waals surface area contributed by atoms with Crippen molar-refractivity contribution in [1.29, 1.82) is 0 Å². The molecule has 0 saturated heterocycles. The Hall–Kier alpha value is -1.75. The number of thiophene rings is 1. The van der Waals surface area contributed by atoms with Crippen LogP contribution in [0.1, 0.15) is 9.67 Å². The first-order chi connectivity index (χ1) is 10.0. The Balaban J connectivity index is 1.89. The van der Waals surface area contributed by atoms with E-state index in [1.54, 1.807) is 12.1 Å². The Morgan fingerprint density at radius 3 is 2.43 bits per heavy atom. The average molecular weight is 337 g/mol. The van der Waals surface area contributed by atoms with E-state index in [9.17, 15) is 4.79 Å². The fourth-order valence-corrected chi connectivity index (χ4v) is 3.39. The van der Waals surface area contributed by atoms with Gasteiger partial charge >= 0.3 is 0 Å². The molecule has 0 radical (unpaired) electrons. The highest BCUT2D eigenvalue weighted by atomic mass is 35.5. The molecule has 106 valence electrons. The molecule has 0 aliphatic heterocycles. The zero-order chi connectivity index (χ0) is 15.0. The maximum atomic E-state index is 12.3. The standard InChI is InChI=1S/C15H10Cl2N2OS/c16-10-6-9(7-11(17)14(10)18)19-15(20)13-5-8-3-1-2-4-12(8)21-13/h1-7H,18H2,(H,19,20). The highest BCUT2D eigenvalue weighted by Crippen LogP contribution is 2.32. The molecule has 2 aromatic carbocycles. The van der Waals surface area contributed by atoms with Crippen LogP contribution in [0.25, 0.3) is 10.1 Å².